The number of ketones is 1. The maximum Gasteiger partial charge on any atom is 0.330 e. The van der Waals surface area contributed by atoms with Crippen molar-refractivity contribution in [3.8, 4) is 11.5 Å². The van der Waals surface area contributed by atoms with E-state index in [4.69, 9.17) is 9.84 Å². The van der Waals surface area contributed by atoms with Crippen molar-refractivity contribution in [1.29, 1.82) is 0 Å². The van der Waals surface area contributed by atoms with Gasteiger partial charge in [0.05, 0.1) is 13.2 Å². The van der Waals surface area contributed by atoms with Crippen LogP contribution in [0, 0.1) is 0 Å². The number of esters is 1. The number of carbonyl (C=O) groups excluding carboxylic acids is 2. The first-order valence-electron chi connectivity index (χ1n) is 16.2. The highest BCUT2D eigenvalue weighted by molar-refractivity contribution is 5.87. The molecule has 0 aliphatic heterocycles. The van der Waals surface area contributed by atoms with Crippen LogP contribution >= 0.6 is 0 Å². The predicted molar refractivity (Wildman–Crippen MR) is 166 cm³/mol. The first-order chi connectivity index (χ1) is 20.3. The zero-order valence-electron chi connectivity index (χ0n) is 25.6. The summed E-state index contributed by atoms with van der Waals surface area (Å²) in [6.07, 6.45) is 22.9. The van der Waals surface area contributed by atoms with Gasteiger partial charge in [0.25, 0.3) is 0 Å². The maximum absolute atomic E-state index is 11.8. The highest BCUT2D eigenvalue weighted by Crippen LogP contribution is 2.25. The van der Waals surface area contributed by atoms with Crippen LogP contribution in [0.15, 0.2) is 24.3 Å². The molecule has 0 heterocycles. The zero-order chi connectivity index (χ0) is 30.8. The summed E-state index contributed by atoms with van der Waals surface area (Å²) in [7, 11) is 0. The van der Waals surface area contributed by atoms with Gasteiger partial charge in [-0.2, -0.15) is 0 Å². The van der Waals surface area contributed by atoms with E-state index in [1.165, 1.54) is 108 Å². The number of unbranched alkanes of at least 4 members (excludes halogenated alkanes) is 18. The topological polar surface area (TPSA) is 145 Å². The van der Waals surface area contributed by atoms with Gasteiger partial charge < -0.3 is 30.3 Å². The van der Waals surface area contributed by atoms with E-state index >= 15 is 0 Å². The van der Waals surface area contributed by atoms with Crippen molar-refractivity contribution < 1.29 is 39.9 Å². The van der Waals surface area contributed by atoms with Crippen molar-refractivity contribution in [3.05, 3.63) is 29.8 Å². The number of benzene rings is 1. The smallest absolute Gasteiger partial charge is 0.330 e. The molecule has 0 amide bonds. The summed E-state index contributed by atoms with van der Waals surface area (Å²) in [4.78, 5) is 23.4. The molecule has 2 unspecified atom stereocenters. The summed E-state index contributed by atoms with van der Waals surface area (Å²) < 4.78 is 5.21. The van der Waals surface area contributed by atoms with Crippen molar-refractivity contribution in [3.63, 3.8) is 0 Å². The molecule has 0 spiro atoms. The van der Waals surface area contributed by atoms with Crippen LogP contribution in [0.2, 0.25) is 0 Å². The SMILES string of the molecule is O=C(C=Cc1ccc(O)c(O)c1)OCCCCCCCCCCCCCCCCCCCCCC(=O)C(O)C(O)CO. The van der Waals surface area contributed by atoms with Gasteiger partial charge in [-0.05, 0) is 36.6 Å². The molecule has 2 atom stereocenters. The van der Waals surface area contributed by atoms with Gasteiger partial charge >= 0.3 is 5.97 Å². The second kappa shape index (κ2) is 25.1. The molecule has 8 heteroatoms. The van der Waals surface area contributed by atoms with E-state index in [1.54, 1.807) is 12.1 Å². The van der Waals surface area contributed by atoms with Gasteiger partial charge in [-0.3, -0.25) is 4.79 Å². The minimum absolute atomic E-state index is 0.193. The molecule has 8 nitrogen and oxygen atoms in total. The van der Waals surface area contributed by atoms with Gasteiger partial charge in [0, 0.05) is 12.5 Å². The first kappa shape index (κ1) is 37.6. The van der Waals surface area contributed by atoms with Crippen LogP contribution in [0.25, 0.3) is 6.08 Å². The molecule has 1 aromatic rings. The predicted octanol–water partition coefficient (Wildman–Crippen LogP) is 6.74. The lowest BCUT2D eigenvalue weighted by molar-refractivity contribution is -0.137. The molecule has 1 rings (SSSR count). The molecule has 0 fully saturated rings. The van der Waals surface area contributed by atoms with Crippen molar-refractivity contribution in [2.75, 3.05) is 13.2 Å². The number of aliphatic hydroxyl groups excluding tert-OH is 3. The number of rotatable bonds is 27. The van der Waals surface area contributed by atoms with E-state index < -0.39 is 24.8 Å². The van der Waals surface area contributed by atoms with Gasteiger partial charge in [-0.25, -0.2) is 4.79 Å². The standard InChI is InChI=1S/C34H56O8/c35-27-32(39)34(41)30(37)20-18-16-14-12-10-8-6-4-2-1-3-5-7-9-11-13-15-17-19-25-42-33(40)24-22-28-21-23-29(36)31(38)26-28/h21-24,26,32,34-36,38-39,41H,1-20,25,27H2. The van der Waals surface area contributed by atoms with E-state index in [2.05, 4.69) is 0 Å². The van der Waals surface area contributed by atoms with Crippen LogP contribution in [-0.2, 0) is 14.3 Å². The van der Waals surface area contributed by atoms with Crippen LogP contribution in [0.4, 0.5) is 0 Å². The number of carbonyl (C=O) groups is 2. The second-order valence-electron chi connectivity index (χ2n) is 11.4. The van der Waals surface area contributed by atoms with E-state index in [-0.39, 0.29) is 23.7 Å². The molecule has 1 aromatic carbocycles. The fourth-order valence-electron chi connectivity index (χ4n) is 4.90. The van der Waals surface area contributed by atoms with Crippen LogP contribution in [-0.4, -0.2) is 62.7 Å². The average Bonchev–Trinajstić information content (AvgIpc) is 2.99. The lowest BCUT2D eigenvalue weighted by Gasteiger charge is -2.13. The van der Waals surface area contributed by atoms with Crippen molar-refractivity contribution in [2.24, 2.45) is 0 Å². The first-order valence-corrected chi connectivity index (χ1v) is 16.2. The summed E-state index contributed by atoms with van der Waals surface area (Å²) in [6.45, 7) is -0.181. The maximum atomic E-state index is 11.8. The molecule has 0 aliphatic rings. The van der Waals surface area contributed by atoms with Crippen molar-refractivity contribution >= 4 is 17.8 Å². The van der Waals surface area contributed by atoms with E-state index in [0.29, 0.717) is 12.2 Å². The van der Waals surface area contributed by atoms with Crippen LogP contribution in [0.3, 0.4) is 0 Å². The summed E-state index contributed by atoms with van der Waals surface area (Å²) in [5.41, 5.74) is 0.615. The van der Waals surface area contributed by atoms with Gasteiger partial charge in [0.2, 0.25) is 0 Å². The third-order valence-electron chi connectivity index (χ3n) is 7.60. The molecule has 0 bridgehead atoms. The molecular formula is C34H56O8. The Morgan fingerprint density at radius 1 is 0.667 bits per heavy atom. The fourth-order valence-corrected chi connectivity index (χ4v) is 4.90. The molecule has 5 N–H and O–H groups in total. The van der Waals surface area contributed by atoms with E-state index in [0.717, 1.165) is 32.1 Å². The fraction of sp³-hybridized carbons (Fsp3) is 0.706. The monoisotopic (exact) mass is 592 g/mol. The summed E-state index contributed by atoms with van der Waals surface area (Å²) in [5, 5.41) is 46.3. The molecule has 0 saturated heterocycles. The zero-order valence-corrected chi connectivity index (χ0v) is 25.6. The number of phenols is 2. The third kappa shape index (κ3) is 19.7. The molecule has 0 aliphatic carbocycles. The van der Waals surface area contributed by atoms with Crippen LogP contribution in [0.1, 0.15) is 134 Å². The van der Waals surface area contributed by atoms with Gasteiger partial charge in [-0.15, -0.1) is 0 Å². The molecule has 42 heavy (non-hydrogen) atoms. The number of ether oxygens (including phenoxy) is 1. The minimum Gasteiger partial charge on any atom is -0.504 e. The lowest BCUT2D eigenvalue weighted by Crippen LogP contribution is -2.36. The number of hydrogen-bond donors (Lipinski definition) is 5. The highest BCUT2D eigenvalue weighted by Gasteiger charge is 2.22. The Morgan fingerprint density at radius 2 is 1.12 bits per heavy atom. The summed E-state index contributed by atoms with van der Waals surface area (Å²) in [6, 6.07) is 4.36. The van der Waals surface area contributed by atoms with Crippen LogP contribution in [0.5, 0.6) is 11.5 Å². The Hall–Kier alpha value is -2.42. The number of hydrogen-bond acceptors (Lipinski definition) is 8. The quantitative estimate of drug-likeness (QED) is 0.0327. The Labute approximate surface area is 252 Å². The Bertz CT molecular complexity index is 869. The van der Waals surface area contributed by atoms with Gasteiger partial charge in [-0.1, -0.05) is 115 Å². The normalized spacial score (nSPS) is 12.9. The minimum atomic E-state index is -1.46. The molecular weight excluding hydrogens is 536 g/mol. The van der Waals surface area contributed by atoms with Crippen LogP contribution < -0.4 is 0 Å². The van der Waals surface area contributed by atoms with E-state index in [1.807, 2.05) is 0 Å². The summed E-state index contributed by atoms with van der Waals surface area (Å²) in [5.74, 6) is -1.20. The molecule has 0 radical (unpaired) electrons. The molecule has 0 aromatic heterocycles. The lowest BCUT2D eigenvalue weighted by atomic mass is 10.0. The Morgan fingerprint density at radius 3 is 1.57 bits per heavy atom. The largest absolute Gasteiger partial charge is 0.504 e. The second-order valence-corrected chi connectivity index (χ2v) is 11.4. The van der Waals surface area contributed by atoms with Gasteiger partial charge in [0.1, 0.15) is 12.2 Å². The number of aromatic hydroxyl groups is 2. The number of Topliss-reactive ketones (excluding diaryl/α,β-unsaturated/α-hetero) is 1. The number of phenolic OH excluding ortho intramolecular Hbond substituents is 2. The number of aliphatic hydroxyl groups is 3. The van der Waals surface area contributed by atoms with Gasteiger partial charge in [0.15, 0.2) is 17.3 Å². The van der Waals surface area contributed by atoms with E-state index in [9.17, 15) is 30.0 Å². The third-order valence-corrected chi connectivity index (χ3v) is 7.60. The highest BCUT2D eigenvalue weighted by atomic mass is 16.5. The average molecular weight is 593 g/mol. The summed E-state index contributed by atoms with van der Waals surface area (Å²) >= 11 is 0. The van der Waals surface area contributed by atoms with Crippen molar-refractivity contribution in [2.45, 2.75) is 141 Å². The molecule has 0 saturated carbocycles. The molecule has 240 valence electrons. The Kier molecular flexibility index (Phi) is 22.5. The van der Waals surface area contributed by atoms with Crippen molar-refractivity contribution in [1.82, 2.24) is 0 Å². The Balaban J connectivity index is 1.78.